The van der Waals surface area contributed by atoms with E-state index in [1.165, 1.54) is 30.4 Å². The third-order valence-corrected chi connectivity index (χ3v) is 3.66. The lowest BCUT2D eigenvalue weighted by Gasteiger charge is -2.08. The monoisotopic (exact) mass is 266 g/mol. The number of hydrogen-bond acceptors (Lipinski definition) is 3. The van der Waals surface area contributed by atoms with Gasteiger partial charge in [0.25, 0.3) is 0 Å². The zero-order chi connectivity index (χ0) is 13.4. The molecule has 0 bridgehead atoms. The molecule has 0 aromatic heterocycles. The van der Waals surface area contributed by atoms with E-state index in [0.717, 1.165) is 17.9 Å². The maximum Gasteiger partial charge on any atom is 0.137 e. The lowest BCUT2D eigenvalue weighted by molar-refractivity contribution is -0.120. The SMILES string of the molecule is CCCCSOc1ccc(CC(C)C(C)=O)cc1. The van der Waals surface area contributed by atoms with Gasteiger partial charge in [0.05, 0.1) is 12.0 Å². The summed E-state index contributed by atoms with van der Waals surface area (Å²) in [7, 11) is 0. The van der Waals surface area contributed by atoms with E-state index in [0.29, 0.717) is 0 Å². The normalized spacial score (nSPS) is 12.2. The van der Waals surface area contributed by atoms with Crippen molar-refractivity contribution in [1.29, 1.82) is 0 Å². The van der Waals surface area contributed by atoms with Gasteiger partial charge in [0.1, 0.15) is 11.5 Å². The van der Waals surface area contributed by atoms with E-state index in [9.17, 15) is 4.79 Å². The van der Waals surface area contributed by atoms with Crippen LogP contribution in [0.25, 0.3) is 0 Å². The quantitative estimate of drug-likeness (QED) is 0.519. The van der Waals surface area contributed by atoms with Gasteiger partial charge in [-0.15, -0.1) is 0 Å². The first kappa shape index (κ1) is 15.1. The Labute approximate surface area is 114 Å². The number of ketones is 1. The molecule has 0 amide bonds. The topological polar surface area (TPSA) is 26.3 Å². The van der Waals surface area contributed by atoms with Crippen molar-refractivity contribution in [2.75, 3.05) is 5.75 Å². The van der Waals surface area contributed by atoms with Gasteiger partial charge in [0.2, 0.25) is 0 Å². The minimum absolute atomic E-state index is 0.0932. The van der Waals surface area contributed by atoms with Crippen LogP contribution in [0.4, 0.5) is 0 Å². The number of unbranched alkanes of at least 4 members (excludes halogenated alkanes) is 1. The molecule has 18 heavy (non-hydrogen) atoms. The molecule has 0 saturated carbocycles. The zero-order valence-electron chi connectivity index (χ0n) is 11.4. The van der Waals surface area contributed by atoms with Crippen molar-refractivity contribution in [3.8, 4) is 5.75 Å². The second-order valence-electron chi connectivity index (χ2n) is 4.62. The zero-order valence-corrected chi connectivity index (χ0v) is 12.3. The number of benzene rings is 1. The van der Waals surface area contributed by atoms with Crippen molar-refractivity contribution in [3.05, 3.63) is 29.8 Å². The average Bonchev–Trinajstić information content (AvgIpc) is 2.36. The number of hydrogen-bond donors (Lipinski definition) is 0. The molecule has 0 heterocycles. The van der Waals surface area contributed by atoms with Crippen molar-refractivity contribution in [2.24, 2.45) is 5.92 Å². The molecule has 1 aromatic rings. The number of carbonyl (C=O) groups excluding carboxylic acids is 1. The van der Waals surface area contributed by atoms with Gasteiger partial charge in [0.15, 0.2) is 0 Å². The summed E-state index contributed by atoms with van der Waals surface area (Å²) in [5.41, 5.74) is 1.18. The van der Waals surface area contributed by atoms with Crippen molar-refractivity contribution >= 4 is 17.8 Å². The maximum absolute atomic E-state index is 11.2. The second-order valence-corrected chi connectivity index (χ2v) is 5.43. The van der Waals surface area contributed by atoms with Crippen LogP contribution in [0.15, 0.2) is 24.3 Å². The summed E-state index contributed by atoms with van der Waals surface area (Å²) in [6.45, 7) is 5.78. The maximum atomic E-state index is 11.2. The van der Waals surface area contributed by atoms with E-state index >= 15 is 0 Å². The molecule has 0 N–H and O–H groups in total. The van der Waals surface area contributed by atoms with Gasteiger partial charge < -0.3 is 4.18 Å². The molecule has 2 nitrogen and oxygen atoms in total. The first-order valence-electron chi connectivity index (χ1n) is 6.52. The van der Waals surface area contributed by atoms with E-state index in [1.807, 2.05) is 31.2 Å². The lowest BCUT2D eigenvalue weighted by atomic mass is 9.98. The Bertz CT molecular complexity index is 359. The van der Waals surface area contributed by atoms with Crippen LogP contribution < -0.4 is 4.18 Å². The summed E-state index contributed by atoms with van der Waals surface area (Å²) < 4.78 is 5.57. The van der Waals surface area contributed by atoms with Crippen LogP contribution in [-0.4, -0.2) is 11.5 Å². The Morgan fingerprint density at radius 2 is 2.00 bits per heavy atom. The van der Waals surface area contributed by atoms with Crippen molar-refractivity contribution in [2.45, 2.75) is 40.0 Å². The van der Waals surface area contributed by atoms with E-state index in [1.54, 1.807) is 6.92 Å². The van der Waals surface area contributed by atoms with Crippen LogP contribution in [0.5, 0.6) is 5.75 Å². The molecule has 0 radical (unpaired) electrons. The number of carbonyl (C=O) groups is 1. The molecule has 0 spiro atoms. The third kappa shape index (κ3) is 5.58. The Kier molecular flexibility index (Phi) is 6.88. The van der Waals surface area contributed by atoms with E-state index < -0.39 is 0 Å². The molecular weight excluding hydrogens is 244 g/mol. The van der Waals surface area contributed by atoms with E-state index in [-0.39, 0.29) is 11.7 Å². The molecule has 3 heteroatoms. The minimum atomic E-state index is 0.0932. The van der Waals surface area contributed by atoms with Crippen LogP contribution in [0.3, 0.4) is 0 Å². The summed E-state index contributed by atoms with van der Waals surface area (Å²) in [4.78, 5) is 11.2. The highest BCUT2D eigenvalue weighted by Crippen LogP contribution is 2.19. The first-order chi connectivity index (χ1) is 8.63. The smallest absolute Gasteiger partial charge is 0.137 e. The molecule has 0 aliphatic carbocycles. The van der Waals surface area contributed by atoms with E-state index in [2.05, 4.69) is 6.92 Å². The predicted octanol–water partition coefficient (Wildman–Crippen LogP) is 4.28. The van der Waals surface area contributed by atoms with Gasteiger partial charge >= 0.3 is 0 Å². The highest BCUT2D eigenvalue weighted by Gasteiger charge is 2.08. The van der Waals surface area contributed by atoms with Crippen molar-refractivity contribution in [1.82, 2.24) is 0 Å². The first-order valence-corrected chi connectivity index (χ1v) is 7.43. The molecule has 1 atom stereocenters. The van der Waals surface area contributed by atoms with Crippen molar-refractivity contribution < 1.29 is 8.98 Å². The molecule has 0 aliphatic rings. The molecular formula is C15H22O2S. The van der Waals surface area contributed by atoms with Gasteiger partial charge in [-0.1, -0.05) is 32.4 Å². The summed E-state index contributed by atoms with van der Waals surface area (Å²) in [6.07, 6.45) is 3.18. The second kappa shape index (κ2) is 8.20. The van der Waals surface area contributed by atoms with Gasteiger partial charge in [-0.05, 0) is 37.5 Å². The fraction of sp³-hybridized carbons (Fsp3) is 0.533. The van der Waals surface area contributed by atoms with Gasteiger partial charge in [-0.2, -0.15) is 0 Å². The molecule has 1 rings (SSSR count). The van der Waals surface area contributed by atoms with E-state index in [4.69, 9.17) is 4.18 Å². The Morgan fingerprint density at radius 3 is 2.56 bits per heavy atom. The van der Waals surface area contributed by atoms with Crippen molar-refractivity contribution in [3.63, 3.8) is 0 Å². The van der Waals surface area contributed by atoms with Crippen LogP contribution >= 0.6 is 12.0 Å². The molecule has 0 fully saturated rings. The highest BCUT2D eigenvalue weighted by atomic mass is 32.2. The summed E-state index contributed by atoms with van der Waals surface area (Å²) in [5.74, 6) is 2.25. The van der Waals surface area contributed by atoms with Gasteiger partial charge in [0, 0.05) is 11.7 Å². The summed E-state index contributed by atoms with van der Waals surface area (Å²) >= 11 is 1.50. The molecule has 0 aliphatic heterocycles. The lowest BCUT2D eigenvalue weighted by Crippen LogP contribution is -2.09. The average molecular weight is 266 g/mol. The Hall–Kier alpha value is -0.960. The van der Waals surface area contributed by atoms with Crippen LogP contribution in [0, 0.1) is 5.92 Å². The Balaban J connectivity index is 2.40. The molecule has 1 aromatic carbocycles. The third-order valence-electron chi connectivity index (χ3n) is 2.90. The fourth-order valence-electron chi connectivity index (χ4n) is 1.49. The highest BCUT2D eigenvalue weighted by molar-refractivity contribution is 7.95. The minimum Gasteiger partial charge on any atom is -0.426 e. The van der Waals surface area contributed by atoms with Crippen LogP contribution in [0.2, 0.25) is 0 Å². The predicted molar refractivity (Wildman–Crippen MR) is 78.0 cm³/mol. The summed E-state index contributed by atoms with van der Waals surface area (Å²) in [6, 6.07) is 8.02. The largest absolute Gasteiger partial charge is 0.426 e. The number of rotatable bonds is 8. The van der Waals surface area contributed by atoms with Gasteiger partial charge in [-0.25, -0.2) is 0 Å². The number of Topliss-reactive ketones (excluding diaryl/α,β-unsaturated/α-hetero) is 1. The van der Waals surface area contributed by atoms with Crippen LogP contribution in [0.1, 0.15) is 39.2 Å². The fourth-order valence-corrected chi connectivity index (χ4v) is 2.23. The molecule has 100 valence electrons. The summed E-state index contributed by atoms with van der Waals surface area (Å²) in [5, 5.41) is 0. The Morgan fingerprint density at radius 1 is 1.33 bits per heavy atom. The van der Waals surface area contributed by atoms with Gasteiger partial charge in [-0.3, -0.25) is 4.79 Å². The molecule has 1 unspecified atom stereocenters. The standard InChI is InChI=1S/C15H22O2S/c1-4-5-10-18-17-15-8-6-14(7-9-15)11-12(2)13(3)16/h6-9,12H,4-5,10-11H2,1-3H3. The molecule has 0 saturated heterocycles. The van der Waals surface area contributed by atoms with Crippen LogP contribution in [-0.2, 0) is 11.2 Å².